The molecule has 5 aliphatic carbocycles. The second-order valence-electron chi connectivity index (χ2n) is 15.3. The van der Waals surface area contributed by atoms with E-state index in [-0.39, 0.29) is 51.6 Å². The smallest absolute Gasteiger partial charge is 0.381 e. The molecule has 6 atom stereocenters. The number of fused-ring (bicyclic) bond motifs is 7. The normalized spacial score (nSPS) is 37.9. The number of esters is 1. The van der Waals surface area contributed by atoms with Crippen molar-refractivity contribution in [2.75, 3.05) is 6.61 Å². The maximum Gasteiger partial charge on any atom is 0.381 e. The molecule has 1 aromatic rings. The first-order chi connectivity index (χ1) is 20.6. The second kappa shape index (κ2) is 10.0. The summed E-state index contributed by atoms with van der Waals surface area (Å²) >= 11 is 0. The van der Waals surface area contributed by atoms with Gasteiger partial charge in [0.2, 0.25) is 12.1 Å². The Balaban J connectivity index is 1.23. The largest absolute Gasteiger partial charge is 0.504 e. The van der Waals surface area contributed by atoms with E-state index in [4.69, 9.17) is 4.74 Å². The van der Waals surface area contributed by atoms with Crippen molar-refractivity contribution < 1.29 is 24.4 Å². The molecule has 0 amide bonds. The highest BCUT2D eigenvalue weighted by Gasteiger charge is 2.67. The minimum atomic E-state index is -0.578. The number of allylic oxidation sites excluding steroid dienone is 7. The predicted octanol–water partition coefficient (Wildman–Crippen LogP) is 7.35. The fourth-order valence-corrected chi connectivity index (χ4v) is 9.79. The number of carbonyl (C=O) groups excluding carboxylic acids is 2. The van der Waals surface area contributed by atoms with Gasteiger partial charge in [-0.1, -0.05) is 45.4 Å². The van der Waals surface area contributed by atoms with E-state index >= 15 is 0 Å². The summed E-state index contributed by atoms with van der Waals surface area (Å²) in [6.45, 7) is 14.2. The second-order valence-corrected chi connectivity index (χ2v) is 15.3. The van der Waals surface area contributed by atoms with Gasteiger partial charge in [0.05, 0.1) is 12.0 Å². The first-order valence-corrected chi connectivity index (χ1v) is 16.0. The average molecular weight is 604 g/mol. The van der Waals surface area contributed by atoms with Gasteiger partial charge in [0.15, 0.2) is 5.76 Å². The van der Waals surface area contributed by atoms with E-state index in [9.17, 15) is 24.8 Å². The molecule has 0 bridgehead atoms. The quantitative estimate of drug-likeness (QED) is 0.156. The molecular formula is C35H45N3O6. The van der Waals surface area contributed by atoms with Crippen LogP contribution in [0.5, 0.6) is 0 Å². The monoisotopic (exact) mass is 603 g/mol. The minimum absolute atomic E-state index is 0.0406. The lowest BCUT2D eigenvalue weighted by Crippen LogP contribution is -2.62. The molecule has 1 aromatic heterocycles. The van der Waals surface area contributed by atoms with Gasteiger partial charge in [-0.25, -0.2) is 0 Å². The predicted molar refractivity (Wildman–Crippen MR) is 165 cm³/mol. The van der Waals surface area contributed by atoms with Crippen LogP contribution < -0.4 is 0 Å². The number of ketones is 1. The van der Waals surface area contributed by atoms with Crippen LogP contribution in [0.3, 0.4) is 0 Å². The van der Waals surface area contributed by atoms with Crippen molar-refractivity contribution in [1.82, 2.24) is 9.55 Å². The van der Waals surface area contributed by atoms with Gasteiger partial charge in [-0.2, -0.15) is 0 Å². The van der Waals surface area contributed by atoms with Crippen LogP contribution in [-0.4, -0.2) is 37.9 Å². The first kappa shape index (κ1) is 30.5. The summed E-state index contributed by atoms with van der Waals surface area (Å²) in [7, 11) is 0. The van der Waals surface area contributed by atoms with Crippen LogP contribution in [0.15, 0.2) is 58.8 Å². The van der Waals surface area contributed by atoms with Crippen molar-refractivity contribution in [1.29, 1.82) is 0 Å². The van der Waals surface area contributed by atoms with Gasteiger partial charge in [0.1, 0.15) is 6.20 Å². The number of nitro groups is 1. The lowest BCUT2D eigenvalue weighted by molar-refractivity contribution is -0.389. The van der Waals surface area contributed by atoms with Gasteiger partial charge in [-0.15, -0.1) is 0 Å². The zero-order valence-corrected chi connectivity index (χ0v) is 26.9. The van der Waals surface area contributed by atoms with Crippen molar-refractivity contribution in [2.24, 2.45) is 33.0 Å². The number of hydrogen-bond donors (Lipinski definition) is 1. The van der Waals surface area contributed by atoms with E-state index < -0.39 is 10.3 Å². The molecule has 0 unspecified atom stereocenters. The highest BCUT2D eigenvalue weighted by molar-refractivity contribution is 6.06. The van der Waals surface area contributed by atoms with Crippen molar-refractivity contribution in [3.05, 3.63) is 68.9 Å². The van der Waals surface area contributed by atoms with Crippen LogP contribution in [0.2, 0.25) is 0 Å². The molecule has 0 spiro atoms. The van der Waals surface area contributed by atoms with Crippen LogP contribution in [0, 0.1) is 43.1 Å². The molecule has 0 aliphatic heterocycles. The molecule has 9 nitrogen and oxygen atoms in total. The van der Waals surface area contributed by atoms with Crippen LogP contribution in [0.1, 0.15) is 92.9 Å². The van der Waals surface area contributed by atoms with E-state index in [1.807, 2.05) is 6.92 Å². The molecule has 1 N–H and O–H groups in total. The lowest BCUT2D eigenvalue weighted by atomic mass is 9.34. The third-order valence-electron chi connectivity index (χ3n) is 13.0. The Morgan fingerprint density at radius 2 is 1.84 bits per heavy atom. The van der Waals surface area contributed by atoms with Crippen LogP contribution >= 0.6 is 0 Å². The van der Waals surface area contributed by atoms with Gasteiger partial charge in [-0.3, -0.25) is 9.59 Å². The highest BCUT2D eigenvalue weighted by atomic mass is 16.6. The molecule has 0 aromatic carbocycles. The molecule has 236 valence electrons. The molecule has 44 heavy (non-hydrogen) atoms. The lowest BCUT2D eigenvalue weighted by Gasteiger charge is -2.70. The number of hydrogen-bond acceptors (Lipinski definition) is 7. The zero-order chi connectivity index (χ0) is 31.9. The van der Waals surface area contributed by atoms with Gasteiger partial charge < -0.3 is 24.5 Å². The van der Waals surface area contributed by atoms with Crippen LogP contribution in [-0.2, 0) is 20.9 Å². The van der Waals surface area contributed by atoms with Crippen LogP contribution in [0.4, 0.5) is 5.82 Å². The van der Waals surface area contributed by atoms with Crippen molar-refractivity contribution in [3.8, 4) is 0 Å². The van der Waals surface area contributed by atoms with Gasteiger partial charge in [0.25, 0.3) is 0 Å². The first-order valence-electron chi connectivity index (χ1n) is 16.0. The van der Waals surface area contributed by atoms with Gasteiger partial charge in [0, 0.05) is 17.5 Å². The fourth-order valence-electron chi connectivity index (χ4n) is 9.79. The Bertz CT molecular complexity index is 1580. The molecule has 9 heteroatoms. The number of nitrogens with zero attached hydrogens (tertiary/aromatic N) is 3. The Morgan fingerprint density at radius 1 is 1.11 bits per heavy atom. The zero-order valence-electron chi connectivity index (χ0n) is 26.9. The van der Waals surface area contributed by atoms with Crippen LogP contribution in [0.25, 0.3) is 0 Å². The number of aliphatic hydroxyl groups excluding tert-OH is 1. The number of aromatic nitrogens is 2. The molecular weight excluding hydrogens is 558 g/mol. The summed E-state index contributed by atoms with van der Waals surface area (Å²) in [4.78, 5) is 40.6. The third-order valence-corrected chi connectivity index (χ3v) is 13.0. The summed E-state index contributed by atoms with van der Waals surface area (Å²) < 4.78 is 7.52. The SMILES string of the molecule is CC1=C(O)C(=O)C=C2C1=CC=C1[C@@]2(C)CC[C@@]2(C)[C@@H]3C[C@](C)(C(=O)OCCCn4cnc([N+](=O)[O-])c4)CC[C@]3(C)CC[C@]12C. The molecule has 0 radical (unpaired) electrons. The summed E-state index contributed by atoms with van der Waals surface area (Å²) in [6, 6.07) is 0. The Hall–Kier alpha value is -3.49. The molecule has 1 heterocycles. The van der Waals surface area contributed by atoms with Gasteiger partial charge in [-0.05, 0) is 115 Å². The standard InChI is InChI=1S/C35H45N3O6/c1-22-23-8-9-26-33(4,24(23)18-25(39)29(22)40)13-15-35(6)27-19-32(3,11-10-31(27,2)12-14-34(26,35)5)30(41)44-17-7-16-37-20-28(36-21-37)38(42)43/h8-9,18,20-21,27,40H,7,10-17,19H2,1-6H3/t27-,31-,32-,33+,34-,35+/m1/s1. The number of aryl methyl sites for hydroxylation is 1. The maximum atomic E-state index is 13.7. The molecule has 5 aliphatic rings. The van der Waals surface area contributed by atoms with E-state index in [0.29, 0.717) is 24.5 Å². The minimum Gasteiger partial charge on any atom is -0.504 e. The van der Waals surface area contributed by atoms with Crippen molar-refractivity contribution >= 4 is 17.6 Å². The van der Waals surface area contributed by atoms with E-state index in [1.54, 1.807) is 10.6 Å². The Labute approximate surface area is 259 Å². The fraction of sp³-hybridized carbons (Fsp3) is 0.629. The van der Waals surface area contributed by atoms with E-state index in [2.05, 4.69) is 51.8 Å². The van der Waals surface area contributed by atoms with Crippen molar-refractivity contribution in [3.63, 3.8) is 0 Å². The maximum absolute atomic E-state index is 13.7. The molecule has 6 rings (SSSR count). The van der Waals surface area contributed by atoms with Crippen molar-refractivity contribution in [2.45, 2.75) is 99.5 Å². The number of ether oxygens (including phenoxy) is 1. The topological polar surface area (TPSA) is 125 Å². The number of aliphatic hydroxyl groups is 1. The Kier molecular flexibility index (Phi) is 6.95. The summed E-state index contributed by atoms with van der Waals surface area (Å²) in [5.41, 5.74) is 3.18. The molecule has 3 fully saturated rings. The number of rotatable bonds is 6. The van der Waals surface area contributed by atoms with Gasteiger partial charge >= 0.3 is 11.8 Å². The Morgan fingerprint density at radius 3 is 2.55 bits per heavy atom. The third kappa shape index (κ3) is 4.28. The molecule has 0 saturated heterocycles. The summed E-state index contributed by atoms with van der Waals surface area (Å²) in [5.74, 6) is -0.467. The summed E-state index contributed by atoms with van der Waals surface area (Å²) in [5, 5.41) is 21.3. The number of carbonyl (C=O) groups is 2. The van der Waals surface area contributed by atoms with E-state index in [0.717, 1.165) is 56.1 Å². The average Bonchev–Trinajstić information content (AvgIpc) is 3.46. The number of imidazole rings is 1. The molecule has 3 saturated carbocycles. The van der Waals surface area contributed by atoms with E-state index in [1.165, 1.54) is 18.1 Å². The highest BCUT2D eigenvalue weighted by Crippen LogP contribution is 2.75. The summed E-state index contributed by atoms with van der Waals surface area (Å²) in [6.07, 6.45) is 16.1.